The topological polar surface area (TPSA) is 64.8 Å². The zero-order chi connectivity index (χ0) is 21.2. The molecule has 0 atom stereocenters. The number of benzene rings is 1. The van der Waals surface area contributed by atoms with Crippen molar-refractivity contribution in [1.29, 1.82) is 0 Å². The number of imidazole rings is 1. The maximum atomic E-state index is 13.2. The van der Waals surface area contributed by atoms with Gasteiger partial charge >= 0.3 is 0 Å². The van der Waals surface area contributed by atoms with Crippen LogP contribution in [0.3, 0.4) is 0 Å². The SMILES string of the molecule is C[Si](C)(C)CCS(=O)(=O)c1ccc(-n2cc(C(F)F)nc2-c2cccnc2)cc1. The van der Waals surface area contributed by atoms with Gasteiger partial charge in [0.1, 0.15) is 11.5 Å². The van der Waals surface area contributed by atoms with E-state index in [0.29, 0.717) is 23.1 Å². The molecule has 3 aromatic rings. The number of alkyl halides is 2. The minimum atomic E-state index is -3.38. The number of nitrogens with zero attached hydrogens (tertiary/aromatic N) is 3. The van der Waals surface area contributed by atoms with E-state index in [1.807, 2.05) is 0 Å². The van der Waals surface area contributed by atoms with E-state index in [2.05, 4.69) is 29.6 Å². The van der Waals surface area contributed by atoms with Gasteiger partial charge in [-0.1, -0.05) is 19.6 Å². The van der Waals surface area contributed by atoms with E-state index in [0.717, 1.165) is 0 Å². The molecule has 0 N–H and O–H groups in total. The average Bonchev–Trinajstić information content (AvgIpc) is 3.13. The van der Waals surface area contributed by atoms with Crippen molar-refractivity contribution in [2.75, 3.05) is 5.75 Å². The molecule has 0 saturated carbocycles. The van der Waals surface area contributed by atoms with Crippen LogP contribution in [0.2, 0.25) is 25.7 Å². The van der Waals surface area contributed by atoms with Crippen molar-refractivity contribution in [3.63, 3.8) is 0 Å². The van der Waals surface area contributed by atoms with Crippen LogP contribution in [0.5, 0.6) is 0 Å². The molecule has 0 spiro atoms. The van der Waals surface area contributed by atoms with Crippen LogP contribution in [0, 0.1) is 0 Å². The molecule has 5 nitrogen and oxygen atoms in total. The van der Waals surface area contributed by atoms with Crippen molar-refractivity contribution in [3.8, 4) is 17.1 Å². The van der Waals surface area contributed by atoms with Gasteiger partial charge in [-0.05, 0) is 42.4 Å². The molecule has 9 heteroatoms. The lowest BCUT2D eigenvalue weighted by Gasteiger charge is -2.15. The van der Waals surface area contributed by atoms with Gasteiger partial charge in [0.25, 0.3) is 6.43 Å². The summed E-state index contributed by atoms with van der Waals surface area (Å²) in [5.41, 5.74) is 0.786. The fraction of sp³-hybridized carbons (Fsp3) is 0.300. The third-order valence-corrected chi connectivity index (χ3v) is 8.31. The van der Waals surface area contributed by atoms with Crippen molar-refractivity contribution in [2.45, 2.75) is 37.0 Å². The molecule has 2 aromatic heterocycles. The molecule has 0 saturated heterocycles. The van der Waals surface area contributed by atoms with Crippen molar-refractivity contribution >= 4 is 17.9 Å². The van der Waals surface area contributed by atoms with E-state index in [9.17, 15) is 17.2 Å². The van der Waals surface area contributed by atoms with E-state index in [1.165, 1.54) is 22.9 Å². The maximum absolute atomic E-state index is 13.2. The van der Waals surface area contributed by atoms with Gasteiger partial charge in [0.2, 0.25) is 0 Å². The van der Waals surface area contributed by atoms with Crippen LogP contribution < -0.4 is 0 Å². The Hall–Kier alpha value is -2.39. The van der Waals surface area contributed by atoms with E-state index >= 15 is 0 Å². The molecule has 0 aliphatic carbocycles. The summed E-state index contributed by atoms with van der Waals surface area (Å²) >= 11 is 0. The lowest BCUT2D eigenvalue weighted by molar-refractivity contribution is 0.146. The van der Waals surface area contributed by atoms with Crippen molar-refractivity contribution in [2.24, 2.45) is 0 Å². The molecule has 0 aliphatic rings. The summed E-state index contributed by atoms with van der Waals surface area (Å²) in [5.74, 6) is 0.437. The Labute approximate surface area is 170 Å². The monoisotopic (exact) mass is 435 g/mol. The minimum absolute atomic E-state index is 0.115. The maximum Gasteiger partial charge on any atom is 0.281 e. The summed E-state index contributed by atoms with van der Waals surface area (Å²) in [4.78, 5) is 8.30. The fourth-order valence-electron chi connectivity index (χ4n) is 2.77. The smallest absolute Gasteiger partial charge is 0.281 e. The molecule has 0 unspecified atom stereocenters. The molecular formula is C20H23F2N3O2SSi. The number of sulfone groups is 1. The van der Waals surface area contributed by atoms with Crippen molar-refractivity contribution in [1.82, 2.24) is 14.5 Å². The third-order valence-electron chi connectivity index (χ3n) is 4.46. The van der Waals surface area contributed by atoms with Crippen LogP contribution in [0.15, 0.2) is 59.9 Å². The largest absolute Gasteiger partial charge is 0.299 e. The molecule has 2 heterocycles. The quantitative estimate of drug-likeness (QED) is 0.491. The summed E-state index contributed by atoms with van der Waals surface area (Å²) < 4.78 is 53.2. The molecule has 1 aromatic carbocycles. The predicted octanol–water partition coefficient (Wildman–Crippen LogP) is 4.98. The van der Waals surface area contributed by atoms with Crippen LogP contribution >= 0.6 is 0 Å². The Kier molecular flexibility index (Phi) is 5.99. The molecule has 154 valence electrons. The number of rotatable bonds is 7. The van der Waals surface area contributed by atoms with Gasteiger partial charge in [0.15, 0.2) is 9.84 Å². The second-order valence-corrected chi connectivity index (χ2v) is 15.8. The fourth-order valence-corrected chi connectivity index (χ4v) is 7.08. The zero-order valence-electron chi connectivity index (χ0n) is 16.5. The first-order valence-electron chi connectivity index (χ1n) is 9.18. The number of hydrogen-bond donors (Lipinski definition) is 0. The molecule has 0 fully saturated rings. The number of aromatic nitrogens is 3. The Bertz CT molecular complexity index is 1080. The highest BCUT2D eigenvalue weighted by molar-refractivity contribution is 7.91. The molecular weight excluding hydrogens is 412 g/mol. The van der Waals surface area contributed by atoms with Crippen LogP contribution in [0.25, 0.3) is 17.1 Å². The first kappa shape index (κ1) is 21.3. The highest BCUT2D eigenvalue weighted by Gasteiger charge is 2.22. The molecule has 29 heavy (non-hydrogen) atoms. The highest BCUT2D eigenvalue weighted by Crippen LogP contribution is 2.27. The van der Waals surface area contributed by atoms with Crippen molar-refractivity contribution in [3.05, 3.63) is 60.7 Å². The van der Waals surface area contributed by atoms with Gasteiger partial charge in [-0.2, -0.15) is 0 Å². The summed E-state index contributed by atoms with van der Waals surface area (Å²) in [6.45, 7) is 6.39. The Morgan fingerprint density at radius 2 is 1.79 bits per heavy atom. The van der Waals surface area contributed by atoms with Crippen LogP contribution in [0.4, 0.5) is 8.78 Å². The highest BCUT2D eigenvalue weighted by atomic mass is 32.2. The Morgan fingerprint density at radius 1 is 1.10 bits per heavy atom. The standard InChI is InChI=1S/C20H23F2N3O2SSi/c1-29(2,3)12-11-28(26,27)17-8-6-16(7-9-17)25-14-18(19(21)22)24-20(25)15-5-4-10-23-13-15/h4-10,13-14,19H,11-12H2,1-3H3. The van der Waals surface area contributed by atoms with E-state index in [1.54, 1.807) is 36.7 Å². The van der Waals surface area contributed by atoms with Crippen LogP contribution in [0.1, 0.15) is 12.1 Å². The van der Waals surface area contributed by atoms with Crippen molar-refractivity contribution < 1.29 is 17.2 Å². The summed E-state index contributed by atoms with van der Waals surface area (Å²) in [5, 5.41) is 0. The summed E-state index contributed by atoms with van der Waals surface area (Å²) in [6, 6.07) is 10.4. The first-order valence-corrected chi connectivity index (χ1v) is 14.5. The normalized spacial score (nSPS) is 12.5. The van der Waals surface area contributed by atoms with Gasteiger partial charge in [-0.15, -0.1) is 0 Å². The zero-order valence-corrected chi connectivity index (χ0v) is 18.3. The average molecular weight is 436 g/mol. The minimum Gasteiger partial charge on any atom is -0.299 e. The van der Waals surface area contributed by atoms with E-state index in [-0.39, 0.29) is 16.3 Å². The second kappa shape index (κ2) is 8.15. The van der Waals surface area contributed by atoms with E-state index in [4.69, 9.17) is 0 Å². The van der Waals surface area contributed by atoms with Gasteiger partial charge in [0, 0.05) is 37.9 Å². The number of halogens is 2. The van der Waals surface area contributed by atoms with Gasteiger partial charge < -0.3 is 0 Å². The molecule has 0 aliphatic heterocycles. The number of pyridine rings is 1. The van der Waals surface area contributed by atoms with Crippen LogP contribution in [-0.2, 0) is 9.84 Å². The van der Waals surface area contributed by atoms with E-state index < -0.39 is 24.3 Å². The molecule has 0 radical (unpaired) electrons. The molecule has 0 bridgehead atoms. The number of hydrogen-bond acceptors (Lipinski definition) is 4. The van der Waals surface area contributed by atoms with Crippen LogP contribution in [-0.4, -0.2) is 36.8 Å². The van der Waals surface area contributed by atoms with Gasteiger partial charge in [-0.3, -0.25) is 9.55 Å². The lowest BCUT2D eigenvalue weighted by Crippen LogP contribution is -2.23. The summed E-state index contributed by atoms with van der Waals surface area (Å²) in [6.07, 6.45) is 1.68. The molecule has 0 amide bonds. The lowest BCUT2D eigenvalue weighted by atomic mass is 10.2. The predicted molar refractivity (Wildman–Crippen MR) is 112 cm³/mol. The first-order chi connectivity index (χ1) is 13.6. The van der Waals surface area contributed by atoms with Gasteiger partial charge in [-0.25, -0.2) is 22.2 Å². The third kappa shape index (κ3) is 5.16. The molecule has 3 rings (SSSR count). The second-order valence-electron chi connectivity index (χ2n) is 8.03. The Balaban J connectivity index is 1.96. The van der Waals surface area contributed by atoms with Gasteiger partial charge in [0.05, 0.1) is 10.6 Å². The summed E-state index contributed by atoms with van der Waals surface area (Å²) in [7, 11) is -4.87. The Morgan fingerprint density at radius 3 is 2.34 bits per heavy atom.